The molecule has 1 N–H and O–H groups in total. The van der Waals surface area contributed by atoms with Crippen LogP contribution in [-0.4, -0.2) is 40.0 Å². The first-order valence-corrected chi connectivity index (χ1v) is 9.43. The van der Waals surface area contributed by atoms with Crippen LogP contribution in [0.25, 0.3) is 22.2 Å². The van der Waals surface area contributed by atoms with Crippen molar-refractivity contribution in [2.45, 2.75) is 20.3 Å². The average Bonchev–Trinajstić information content (AvgIpc) is 3.19. The molecule has 1 amide bonds. The molecule has 5 nitrogen and oxygen atoms in total. The van der Waals surface area contributed by atoms with Crippen molar-refractivity contribution in [3.8, 4) is 11.3 Å². The summed E-state index contributed by atoms with van der Waals surface area (Å²) in [6.07, 6.45) is 0.494. The van der Waals surface area contributed by atoms with E-state index in [0.717, 1.165) is 33.3 Å². The summed E-state index contributed by atoms with van der Waals surface area (Å²) in [6.45, 7) is 4.77. The Kier molecular flexibility index (Phi) is 4.59. The van der Waals surface area contributed by atoms with Crippen LogP contribution in [0.15, 0.2) is 48.5 Å². The summed E-state index contributed by atoms with van der Waals surface area (Å²) in [5, 5.41) is 10.1. The number of fused-ring (bicyclic) bond motifs is 1. The first-order chi connectivity index (χ1) is 13.4. The van der Waals surface area contributed by atoms with E-state index in [9.17, 15) is 14.7 Å². The SMILES string of the molecule is Cc1cc2nc(-c3ccccc3)cc(C(=O)N3CCC(C(=O)O)C3)c2cc1C. The molecule has 3 aromatic rings. The minimum atomic E-state index is -0.841. The van der Waals surface area contributed by atoms with Crippen molar-refractivity contribution >= 4 is 22.8 Å². The Morgan fingerprint density at radius 2 is 1.79 bits per heavy atom. The molecule has 142 valence electrons. The van der Waals surface area contributed by atoms with Crippen molar-refractivity contribution in [3.63, 3.8) is 0 Å². The lowest BCUT2D eigenvalue weighted by molar-refractivity contribution is -0.141. The number of carbonyl (C=O) groups is 2. The first kappa shape index (κ1) is 18.2. The number of hydrogen-bond donors (Lipinski definition) is 1. The van der Waals surface area contributed by atoms with E-state index < -0.39 is 11.9 Å². The van der Waals surface area contributed by atoms with Crippen molar-refractivity contribution < 1.29 is 14.7 Å². The number of aromatic nitrogens is 1. The molecule has 0 saturated carbocycles. The van der Waals surface area contributed by atoms with E-state index in [0.29, 0.717) is 18.5 Å². The second kappa shape index (κ2) is 7.08. The highest BCUT2D eigenvalue weighted by Gasteiger charge is 2.32. The molecule has 0 spiro atoms. The van der Waals surface area contributed by atoms with Crippen LogP contribution in [0.2, 0.25) is 0 Å². The van der Waals surface area contributed by atoms with Crippen LogP contribution in [0.3, 0.4) is 0 Å². The molecule has 0 radical (unpaired) electrons. The van der Waals surface area contributed by atoms with Gasteiger partial charge >= 0.3 is 5.97 Å². The predicted octanol–water partition coefficient (Wildman–Crippen LogP) is 4.07. The molecule has 1 aliphatic heterocycles. The number of amides is 1. The quantitative estimate of drug-likeness (QED) is 0.750. The summed E-state index contributed by atoms with van der Waals surface area (Å²) in [4.78, 5) is 31.1. The smallest absolute Gasteiger partial charge is 0.308 e. The summed E-state index contributed by atoms with van der Waals surface area (Å²) >= 11 is 0. The Balaban J connectivity index is 1.85. The van der Waals surface area contributed by atoms with Gasteiger partial charge in [-0.1, -0.05) is 30.3 Å². The molecular weight excluding hydrogens is 352 g/mol. The maximum atomic E-state index is 13.3. The van der Waals surface area contributed by atoms with Crippen LogP contribution >= 0.6 is 0 Å². The Bertz CT molecular complexity index is 1080. The molecule has 1 unspecified atom stereocenters. The van der Waals surface area contributed by atoms with Gasteiger partial charge in [-0.25, -0.2) is 4.98 Å². The number of carboxylic acid groups (broad SMARTS) is 1. The summed E-state index contributed by atoms with van der Waals surface area (Å²) in [6, 6.07) is 15.6. The Morgan fingerprint density at radius 1 is 1.07 bits per heavy atom. The highest BCUT2D eigenvalue weighted by molar-refractivity contribution is 6.07. The van der Waals surface area contributed by atoms with Gasteiger partial charge < -0.3 is 10.0 Å². The van der Waals surface area contributed by atoms with Crippen molar-refractivity contribution in [2.24, 2.45) is 5.92 Å². The number of rotatable bonds is 3. The van der Waals surface area contributed by atoms with Crippen LogP contribution in [0.4, 0.5) is 0 Å². The van der Waals surface area contributed by atoms with E-state index in [-0.39, 0.29) is 12.5 Å². The van der Waals surface area contributed by atoms with Gasteiger partial charge in [-0.05, 0) is 49.6 Å². The number of likely N-dealkylation sites (tertiary alicyclic amines) is 1. The molecule has 1 aromatic heterocycles. The molecule has 0 aliphatic carbocycles. The normalized spacial score (nSPS) is 16.5. The fourth-order valence-corrected chi connectivity index (χ4v) is 3.74. The maximum Gasteiger partial charge on any atom is 0.308 e. The maximum absolute atomic E-state index is 13.3. The van der Waals surface area contributed by atoms with Gasteiger partial charge in [-0.2, -0.15) is 0 Å². The molecule has 1 atom stereocenters. The van der Waals surface area contributed by atoms with Crippen LogP contribution in [0, 0.1) is 19.8 Å². The summed E-state index contributed by atoms with van der Waals surface area (Å²) in [7, 11) is 0. The predicted molar refractivity (Wildman–Crippen MR) is 108 cm³/mol. The second-order valence-corrected chi connectivity index (χ2v) is 7.45. The second-order valence-electron chi connectivity index (χ2n) is 7.45. The third-order valence-electron chi connectivity index (χ3n) is 5.55. The molecule has 2 heterocycles. The van der Waals surface area contributed by atoms with Gasteiger partial charge in [0, 0.05) is 24.0 Å². The minimum Gasteiger partial charge on any atom is -0.481 e. The zero-order valence-electron chi connectivity index (χ0n) is 16.0. The molecular formula is C23H22N2O3. The minimum absolute atomic E-state index is 0.128. The van der Waals surface area contributed by atoms with Crippen molar-refractivity contribution in [1.82, 2.24) is 9.88 Å². The summed E-state index contributed by atoms with van der Waals surface area (Å²) < 4.78 is 0. The zero-order valence-corrected chi connectivity index (χ0v) is 16.0. The van der Waals surface area contributed by atoms with E-state index in [4.69, 9.17) is 4.98 Å². The Hall–Kier alpha value is -3.21. The number of carboxylic acids is 1. The van der Waals surface area contributed by atoms with E-state index in [1.165, 1.54) is 0 Å². The number of nitrogens with zero attached hydrogens (tertiary/aromatic N) is 2. The topological polar surface area (TPSA) is 70.5 Å². The molecule has 0 bridgehead atoms. The van der Waals surface area contributed by atoms with Crippen molar-refractivity contribution in [3.05, 3.63) is 65.2 Å². The van der Waals surface area contributed by atoms with Gasteiger partial charge in [0.05, 0.1) is 22.7 Å². The largest absolute Gasteiger partial charge is 0.481 e. The lowest BCUT2D eigenvalue weighted by atomic mass is 9.99. The standard InChI is InChI=1S/C23H22N2O3/c1-14-10-18-19(22(26)25-9-8-17(13-25)23(27)28)12-20(16-6-4-3-5-7-16)24-21(18)11-15(14)2/h3-7,10-12,17H,8-9,13H2,1-2H3,(H,27,28). The fourth-order valence-electron chi connectivity index (χ4n) is 3.74. The Labute approximate surface area is 163 Å². The van der Waals surface area contributed by atoms with Crippen molar-refractivity contribution in [2.75, 3.05) is 13.1 Å². The number of carbonyl (C=O) groups excluding carboxylic acids is 1. The lowest BCUT2D eigenvalue weighted by Gasteiger charge is -2.18. The zero-order chi connectivity index (χ0) is 19.8. The monoisotopic (exact) mass is 374 g/mol. The molecule has 28 heavy (non-hydrogen) atoms. The third-order valence-corrected chi connectivity index (χ3v) is 5.55. The van der Waals surface area contributed by atoms with Gasteiger partial charge in [-0.15, -0.1) is 0 Å². The average molecular weight is 374 g/mol. The van der Waals surface area contributed by atoms with Crippen molar-refractivity contribution in [1.29, 1.82) is 0 Å². The summed E-state index contributed by atoms with van der Waals surface area (Å²) in [5.74, 6) is -1.46. The molecule has 1 aliphatic rings. The fraction of sp³-hybridized carbons (Fsp3) is 0.261. The van der Waals surface area contributed by atoms with Gasteiger partial charge in [0.25, 0.3) is 5.91 Å². The van der Waals surface area contributed by atoms with Crippen LogP contribution < -0.4 is 0 Å². The van der Waals surface area contributed by atoms with Gasteiger partial charge in [0.15, 0.2) is 0 Å². The molecule has 2 aromatic carbocycles. The highest BCUT2D eigenvalue weighted by atomic mass is 16.4. The van der Waals surface area contributed by atoms with Gasteiger partial charge in [0.2, 0.25) is 0 Å². The Morgan fingerprint density at radius 3 is 2.46 bits per heavy atom. The number of aliphatic carboxylic acids is 1. The summed E-state index contributed by atoms with van der Waals surface area (Å²) in [5.41, 5.74) is 5.27. The number of pyridine rings is 1. The van der Waals surface area contributed by atoms with Crippen LogP contribution in [0.1, 0.15) is 27.9 Å². The molecule has 1 saturated heterocycles. The molecule has 1 fully saturated rings. The van der Waals surface area contributed by atoms with E-state index in [1.807, 2.05) is 62.4 Å². The number of hydrogen-bond acceptors (Lipinski definition) is 3. The van der Waals surface area contributed by atoms with Crippen LogP contribution in [-0.2, 0) is 4.79 Å². The van der Waals surface area contributed by atoms with E-state index in [1.54, 1.807) is 4.90 Å². The number of benzene rings is 2. The lowest BCUT2D eigenvalue weighted by Crippen LogP contribution is -2.30. The van der Waals surface area contributed by atoms with E-state index >= 15 is 0 Å². The highest BCUT2D eigenvalue weighted by Crippen LogP contribution is 2.29. The van der Waals surface area contributed by atoms with Crippen LogP contribution in [0.5, 0.6) is 0 Å². The van der Waals surface area contributed by atoms with Gasteiger partial charge in [0.1, 0.15) is 0 Å². The molecule has 4 rings (SSSR count). The molecule has 5 heteroatoms. The first-order valence-electron chi connectivity index (χ1n) is 9.43. The van der Waals surface area contributed by atoms with Gasteiger partial charge in [-0.3, -0.25) is 9.59 Å². The van der Waals surface area contributed by atoms with E-state index in [2.05, 4.69) is 0 Å². The number of aryl methyl sites for hydroxylation is 2. The third kappa shape index (κ3) is 3.24.